The highest BCUT2D eigenvalue weighted by Gasteiger charge is 2.63. The summed E-state index contributed by atoms with van der Waals surface area (Å²) in [7, 11) is -4.38. The first-order chi connectivity index (χ1) is 8.35. The van der Waals surface area contributed by atoms with Crippen LogP contribution in [0.4, 0.5) is 0 Å². The molecule has 18 heavy (non-hydrogen) atoms. The number of hydrogen-bond acceptors (Lipinski definition) is 6. The zero-order valence-corrected chi connectivity index (χ0v) is 10.1. The molecule has 0 amide bonds. The molecule has 3 aliphatic rings. The molecule has 7 nitrogen and oxygen atoms in total. The van der Waals surface area contributed by atoms with E-state index < -0.39 is 34.0 Å². The van der Waals surface area contributed by atoms with E-state index in [0.29, 0.717) is 6.42 Å². The highest BCUT2D eigenvalue weighted by Crippen LogP contribution is 2.55. The van der Waals surface area contributed by atoms with Crippen LogP contribution in [0.5, 0.6) is 0 Å². The van der Waals surface area contributed by atoms with Crippen LogP contribution in [-0.2, 0) is 29.2 Å². The van der Waals surface area contributed by atoms with Crippen molar-refractivity contribution in [3.8, 4) is 0 Å². The van der Waals surface area contributed by atoms with Gasteiger partial charge in [-0.3, -0.25) is 14.1 Å². The third-order valence-electron chi connectivity index (χ3n) is 3.98. The number of esters is 2. The number of rotatable bonds is 3. The summed E-state index contributed by atoms with van der Waals surface area (Å²) in [6.07, 6.45) is 0.396. The zero-order valence-electron chi connectivity index (χ0n) is 9.31. The summed E-state index contributed by atoms with van der Waals surface area (Å²) in [5.41, 5.74) is 0. The minimum Gasteiger partial charge on any atom is -0.458 e. The van der Waals surface area contributed by atoms with Crippen molar-refractivity contribution in [3.05, 3.63) is 0 Å². The van der Waals surface area contributed by atoms with Crippen molar-refractivity contribution in [1.29, 1.82) is 0 Å². The van der Waals surface area contributed by atoms with Crippen LogP contribution in [0.1, 0.15) is 12.8 Å². The maximum Gasteiger partial charge on any atom is 0.324 e. The first-order valence-electron chi connectivity index (χ1n) is 5.70. The van der Waals surface area contributed by atoms with Gasteiger partial charge in [0.05, 0.1) is 5.92 Å². The van der Waals surface area contributed by atoms with Gasteiger partial charge in [-0.15, -0.1) is 0 Å². The van der Waals surface area contributed by atoms with Gasteiger partial charge >= 0.3 is 11.9 Å². The maximum absolute atomic E-state index is 11.5. The largest absolute Gasteiger partial charge is 0.458 e. The molecule has 1 heterocycles. The monoisotopic (exact) mass is 276 g/mol. The summed E-state index contributed by atoms with van der Waals surface area (Å²) in [6.45, 7) is 0. The molecule has 0 radical (unpaired) electrons. The molecule has 2 saturated carbocycles. The molecule has 1 saturated heterocycles. The molecule has 8 heteroatoms. The molecule has 5 unspecified atom stereocenters. The van der Waals surface area contributed by atoms with Crippen LogP contribution in [0.2, 0.25) is 0 Å². The molecule has 1 aliphatic heterocycles. The van der Waals surface area contributed by atoms with E-state index in [9.17, 15) is 18.0 Å². The molecule has 0 aromatic carbocycles. The SMILES string of the molecule is O=C(CS(=O)(=O)O)OC1C2CC3C(=O)OC1C3C2. The second-order valence-corrected chi connectivity index (χ2v) is 6.54. The predicted octanol–water partition coefficient (Wildman–Crippen LogP) is -0.633. The van der Waals surface area contributed by atoms with Gasteiger partial charge in [-0.05, 0) is 12.8 Å². The average molecular weight is 276 g/mol. The Hall–Kier alpha value is -1.15. The highest BCUT2D eigenvalue weighted by molar-refractivity contribution is 7.86. The number of ether oxygens (including phenoxy) is 2. The van der Waals surface area contributed by atoms with Crippen LogP contribution >= 0.6 is 0 Å². The lowest BCUT2D eigenvalue weighted by molar-refractivity contribution is -0.159. The van der Waals surface area contributed by atoms with E-state index in [1.54, 1.807) is 0 Å². The summed E-state index contributed by atoms with van der Waals surface area (Å²) in [5.74, 6) is -2.26. The van der Waals surface area contributed by atoms with E-state index in [1.807, 2.05) is 0 Å². The Balaban J connectivity index is 1.69. The molecule has 100 valence electrons. The van der Waals surface area contributed by atoms with Crippen LogP contribution in [-0.4, -0.2) is 42.9 Å². The quantitative estimate of drug-likeness (QED) is 0.540. The smallest absolute Gasteiger partial charge is 0.324 e. The first kappa shape index (κ1) is 11.9. The molecule has 0 spiro atoms. The molecule has 3 rings (SSSR count). The molecule has 2 aliphatic carbocycles. The van der Waals surface area contributed by atoms with Crippen LogP contribution in [0.15, 0.2) is 0 Å². The van der Waals surface area contributed by atoms with E-state index >= 15 is 0 Å². The molecule has 5 atom stereocenters. The number of carbonyl (C=O) groups excluding carboxylic acids is 2. The van der Waals surface area contributed by atoms with E-state index in [-0.39, 0.29) is 23.7 Å². The molecule has 3 fully saturated rings. The van der Waals surface area contributed by atoms with Gasteiger partial charge in [0.1, 0.15) is 12.2 Å². The van der Waals surface area contributed by atoms with E-state index in [1.165, 1.54) is 0 Å². The lowest BCUT2D eigenvalue weighted by Gasteiger charge is -2.24. The minimum atomic E-state index is -4.38. The summed E-state index contributed by atoms with van der Waals surface area (Å²) in [5, 5.41) is 0. The van der Waals surface area contributed by atoms with Crippen LogP contribution < -0.4 is 0 Å². The Kier molecular flexibility index (Phi) is 2.43. The summed E-state index contributed by atoms with van der Waals surface area (Å²) in [6, 6.07) is 0. The third-order valence-corrected chi connectivity index (χ3v) is 4.58. The summed E-state index contributed by atoms with van der Waals surface area (Å²) >= 11 is 0. The van der Waals surface area contributed by atoms with Gasteiger partial charge < -0.3 is 9.47 Å². The number of carbonyl (C=O) groups is 2. The van der Waals surface area contributed by atoms with Gasteiger partial charge in [0.2, 0.25) is 0 Å². The second-order valence-electron chi connectivity index (χ2n) is 5.08. The molecule has 0 aromatic heterocycles. The summed E-state index contributed by atoms with van der Waals surface area (Å²) < 4.78 is 39.9. The standard InChI is InChI=1S/C10H12O7S/c11-7(3-18(13,14)15)16-8-4-1-5-6(2-4)10(12)17-9(5)8/h4-6,8-9H,1-3H2,(H,13,14,15). The first-order valence-corrected chi connectivity index (χ1v) is 7.31. The van der Waals surface area contributed by atoms with Crippen molar-refractivity contribution in [1.82, 2.24) is 0 Å². The molecular formula is C10H12O7S. The fourth-order valence-electron chi connectivity index (χ4n) is 3.40. The van der Waals surface area contributed by atoms with Gasteiger partial charge in [0.25, 0.3) is 10.1 Å². The van der Waals surface area contributed by atoms with E-state index in [0.717, 1.165) is 6.42 Å². The van der Waals surface area contributed by atoms with Crippen molar-refractivity contribution >= 4 is 22.1 Å². The highest BCUT2D eigenvalue weighted by atomic mass is 32.2. The topological polar surface area (TPSA) is 107 Å². The maximum atomic E-state index is 11.5. The Labute approximate surface area is 103 Å². The Morgan fingerprint density at radius 1 is 1.44 bits per heavy atom. The average Bonchev–Trinajstić information content (AvgIpc) is 2.79. The predicted molar refractivity (Wildman–Crippen MR) is 55.9 cm³/mol. The third kappa shape index (κ3) is 1.79. The minimum absolute atomic E-state index is 0.0572. The second kappa shape index (κ2) is 3.67. The lowest BCUT2D eigenvalue weighted by Crippen LogP contribution is -2.37. The Morgan fingerprint density at radius 3 is 2.83 bits per heavy atom. The van der Waals surface area contributed by atoms with E-state index in [2.05, 4.69) is 0 Å². The number of fused-ring (bicyclic) bond motifs is 1. The molecule has 0 aromatic rings. The molecule has 2 bridgehead atoms. The van der Waals surface area contributed by atoms with Crippen molar-refractivity contribution in [3.63, 3.8) is 0 Å². The van der Waals surface area contributed by atoms with Crippen LogP contribution in [0, 0.1) is 17.8 Å². The van der Waals surface area contributed by atoms with Gasteiger partial charge in [0.15, 0.2) is 5.75 Å². The van der Waals surface area contributed by atoms with E-state index in [4.69, 9.17) is 14.0 Å². The van der Waals surface area contributed by atoms with Crippen molar-refractivity contribution < 1.29 is 32.0 Å². The van der Waals surface area contributed by atoms with Gasteiger partial charge in [-0.1, -0.05) is 0 Å². The van der Waals surface area contributed by atoms with Crippen molar-refractivity contribution in [2.75, 3.05) is 5.75 Å². The Morgan fingerprint density at radius 2 is 2.17 bits per heavy atom. The number of hydrogen-bond donors (Lipinski definition) is 1. The van der Waals surface area contributed by atoms with Crippen molar-refractivity contribution in [2.24, 2.45) is 17.8 Å². The van der Waals surface area contributed by atoms with Crippen LogP contribution in [0.25, 0.3) is 0 Å². The van der Waals surface area contributed by atoms with Crippen LogP contribution in [0.3, 0.4) is 0 Å². The van der Waals surface area contributed by atoms with Gasteiger partial charge in [-0.25, -0.2) is 0 Å². The zero-order chi connectivity index (χ0) is 13.1. The summed E-state index contributed by atoms with van der Waals surface area (Å²) in [4.78, 5) is 22.8. The fraction of sp³-hybridized carbons (Fsp3) is 0.800. The van der Waals surface area contributed by atoms with Gasteiger partial charge in [-0.2, -0.15) is 8.42 Å². The molecule has 1 N–H and O–H groups in total. The normalized spacial score (nSPS) is 40.9. The molecular weight excluding hydrogens is 264 g/mol. The lowest BCUT2D eigenvalue weighted by atomic mass is 9.88. The van der Waals surface area contributed by atoms with Crippen molar-refractivity contribution in [2.45, 2.75) is 25.0 Å². The van der Waals surface area contributed by atoms with Gasteiger partial charge in [0, 0.05) is 11.8 Å². The fourth-order valence-corrected chi connectivity index (χ4v) is 3.77. The Bertz CT molecular complexity index is 510.